The molecule has 0 bridgehead atoms. The van der Waals surface area contributed by atoms with Crippen LogP contribution in [0.2, 0.25) is 0 Å². The van der Waals surface area contributed by atoms with Gasteiger partial charge in [-0.2, -0.15) is 4.31 Å². The first-order valence-electron chi connectivity index (χ1n) is 16.3. The van der Waals surface area contributed by atoms with Crippen LogP contribution in [-0.4, -0.2) is 145 Å². The number of imidazole rings is 1. The number of thioether (sulfide) groups is 1. The van der Waals surface area contributed by atoms with E-state index >= 15 is 0 Å². The van der Waals surface area contributed by atoms with Crippen LogP contribution >= 0.6 is 35.2 Å². The Balaban J connectivity index is 1.47. The number of hydrogen-bond acceptors (Lipinski definition) is 20. The fraction of sp³-hybridized carbons (Fsp3) is 0.654. The number of nitrogens with two attached hydrogens (primary N) is 1. The minimum Gasteiger partial charge on any atom is -0.481 e. The van der Waals surface area contributed by atoms with Crippen molar-refractivity contribution in [2.24, 2.45) is 5.41 Å². The first kappa shape index (κ1) is 48.4. The van der Waals surface area contributed by atoms with Gasteiger partial charge in [-0.15, -0.1) is 0 Å². The molecular formula is C26H42N7O20P3S. The smallest absolute Gasteiger partial charge is 0.481 e. The summed E-state index contributed by atoms with van der Waals surface area (Å²) < 4.78 is 61.9. The Kier molecular flexibility index (Phi) is 17.2. The van der Waals surface area contributed by atoms with E-state index in [0.717, 1.165) is 17.2 Å². The Morgan fingerprint density at radius 2 is 1.68 bits per heavy atom. The Hall–Kier alpha value is -3.01. The molecule has 3 heterocycles. The molecule has 1 aliphatic rings. The summed E-state index contributed by atoms with van der Waals surface area (Å²) in [4.78, 5) is 97.7. The van der Waals surface area contributed by atoms with Gasteiger partial charge in [0.1, 0.15) is 42.4 Å². The number of carboxylic acids is 1. The number of anilines is 1. The molecule has 0 aliphatic carbocycles. The molecule has 12 N–H and O–H groups in total. The molecule has 0 saturated carbocycles. The zero-order chi connectivity index (χ0) is 42.9. The Bertz CT molecular complexity index is 1900. The van der Waals surface area contributed by atoms with E-state index in [-0.39, 0.29) is 48.7 Å². The normalized spacial score (nSPS) is 22.0. The molecule has 31 heteroatoms. The van der Waals surface area contributed by atoms with E-state index in [1.165, 1.54) is 13.8 Å². The fourth-order valence-electron chi connectivity index (χ4n) is 4.76. The van der Waals surface area contributed by atoms with Crippen LogP contribution in [0.15, 0.2) is 12.7 Å². The molecule has 0 aromatic carbocycles. The zero-order valence-corrected chi connectivity index (χ0v) is 33.4. The monoisotopic (exact) mass is 897 g/mol. The van der Waals surface area contributed by atoms with Crippen molar-refractivity contribution in [3.63, 3.8) is 0 Å². The van der Waals surface area contributed by atoms with Crippen LogP contribution < -0.4 is 16.4 Å². The maximum Gasteiger partial charge on any atom is 0.481 e. The molecule has 322 valence electrons. The molecule has 0 spiro atoms. The van der Waals surface area contributed by atoms with Crippen molar-refractivity contribution in [3.05, 3.63) is 12.7 Å². The fourth-order valence-corrected chi connectivity index (χ4v) is 8.30. The topological polar surface area (TPSA) is 421 Å². The molecular weight excluding hydrogens is 855 g/mol. The number of rotatable bonds is 23. The number of ether oxygens (including phenoxy) is 1. The summed E-state index contributed by atoms with van der Waals surface area (Å²) in [6, 6.07) is 0. The summed E-state index contributed by atoms with van der Waals surface area (Å²) in [7, 11) is -16.5. The number of nitrogens with one attached hydrogen (secondary N) is 2. The van der Waals surface area contributed by atoms with Gasteiger partial charge >= 0.3 is 29.4 Å². The minimum atomic E-state index is -5.60. The predicted octanol–water partition coefficient (Wildman–Crippen LogP) is -2.11. The number of hydrogen-bond donors (Lipinski definition) is 11. The number of aliphatic hydroxyl groups excluding tert-OH is 3. The lowest BCUT2D eigenvalue weighted by molar-refractivity contribution is -0.138. The third-order valence-electron chi connectivity index (χ3n) is 7.65. The van der Waals surface area contributed by atoms with Gasteiger partial charge in [0, 0.05) is 37.1 Å². The molecule has 0 radical (unpaired) electrons. The largest absolute Gasteiger partial charge is 0.481 e. The number of fused-ring (bicyclic) bond motifs is 1. The third-order valence-corrected chi connectivity index (χ3v) is 11.7. The van der Waals surface area contributed by atoms with Gasteiger partial charge in [-0.1, -0.05) is 25.6 Å². The van der Waals surface area contributed by atoms with Gasteiger partial charge in [0.15, 0.2) is 17.7 Å². The van der Waals surface area contributed by atoms with Crippen molar-refractivity contribution in [3.8, 4) is 0 Å². The predicted molar refractivity (Wildman–Crippen MR) is 190 cm³/mol. The highest BCUT2D eigenvalue weighted by Crippen LogP contribution is 2.61. The number of nitrogen functional groups attached to an aromatic ring is 1. The van der Waals surface area contributed by atoms with E-state index < -0.39 is 108 Å². The number of amides is 2. The molecule has 1 aliphatic heterocycles. The molecule has 2 aromatic rings. The average molecular weight is 898 g/mol. The maximum absolute atomic E-state index is 12.7. The number of aliphatic carboxylic acids is 1. The number of carboxylic acid groups (broad SMARTS) is 1. The van der Waals surface area contributed by atoms with Gasteiger partial charge in [-0.25, -0.2) is 28.6 Å². The summed E-state index contributed by atoms with van der Waals surface area (Å²) in [5.41, 5.74) is 4.17. The second-order valence-electron chi connectivity index (χ2n) is 12.7. The lowest BCUT2D eigenvalue weighted by atomic mass is 9.87. The summed E-state index contributed by atoms with van der Waals surface area (Å²) in [5.74, 6) is -2.76. The van der Waals surface area contributed by atoms with E-state index in [2.05, 4.69) is 34.4 Å². The van der Waals surface area contributed by atoms with E-state index in [4.69, 9.17) is 24.6 Å². The van der Waals surface area contributed by atoms with Gasteiger partial charge < -0.3 is 61.1 Å². The second-order valence-corrected chi connectivity index (χ2v) is 18.0. The zero-order valence-electron chi connectivity index (χ0n) is 29.9. The van der Waals surface area contributed by atoms with Crippen molar-refractivity contribution in [2.45, 2.75) is 69.9 Å². The number of carbonyl (C=O) groups is 4. The molecule has 8 atom stereocenters. The van der Waals surface area contributed by atoms with Crippen molar-refractivity contribution < 1.29 is 95.5 Å². The Morgan fingerprint density at radius 1 is 1.02 bits per heavy atom. The Morgan fingerprint density at radius 3 is 2.33 bits per heavy atom. The van der Waals surface area contributed by atoms with E-state index in [1.54, 1.807) is 0 Å². The molecule has 27 nitrogen and oxygen atoms in total. The van der Waals surface area contributed by atoms with Crippen LogP contribution in [0.1, 0.15) is 39.3 Å². The van der Waals surface area contributed by atoms with Crippen molar-refractivity contribution in [1.82, 2.24) is 30.2 Å². The number of carbonyl (C=O) groups excluding carboxylic acids is 3. The summed E-state index contributed by atoms with van der Waals surface area (Å²) in [6.45, 7) is 0.0486. The van der Waals surface area contributed by atoms with E-state index in [9.17, 15) is 67.8 Å². The number of nitrogens with zero attached hydrogens (tertiary/aromatic N) is 4. The van der Waals surface area contributed by atoms with Crippen LogP contribution in [0.5, 0.6) is 0 Å². The molecule has 3 rings (SSSR count). The molecule has 1 saturated heterocycles. The lowest BCUT2D eigenvalue weighted by Gasteiger charge is -2.30. The van der Waals surface area contributed by atoms with Crippen molar-refractivity contribution >= 4 is 75.1 Å². The molecule has 2 amide bonds. The lowest BCUT2D eigenvalue weighted by Crippen LogP contribution is -2.46. The maximum atomic E-state index is 12.7. The highest BCUT2D eigenvalue weighted by molar-refractivity contribution is 8.13. The van der Waals surface area contributed by atoms with Crippen molar-refractivity contribution in [1.29, 1.82) is 0 Å². The molecule has 1 fully saturated rings. The second kappa shape index (κ2) is 20.3. The van der Waals surface area contributed by atoms with Crippen molar-refractivity contribution in [2.75, 3.05) is 37.8 Å². The van der Waals surface area contributed by atoms with Gasteiger partial charge in [-0.3, -0.25) is 37.3 Å². The van der Waals surface area contributed by atoms with Crippen LogP contribution in [-0.2, 0) is 55.5 Å². The summed E-state index contributed by atoms with van der Waals surface area (Å²) in [5, 5.41) is 43.7. The highest BCUT2D eigenvalue weighted by atomic mass is 32.2. The number of aliphatic hydroxyl groups is 3. The summed E-state index contributed by atoms with van der Waals surface area (Å²) >= 11 is 0.687. The first-order chi connectivity index (χ1) is 26.3. The molecule has 57 heavy (non-hydrogen) atoms. The highest BCUT2D eigenvalue weighted by Gasteiger charge is 2.50. The quantitative estimate of drug-likeness (QED) is 0.0420. The van der Waals surface area contributed by atoms with Gasteiger partial charge in [0.2, 0.25) is 16.9 Å². The van der Waals surface area contributed by atoms with Gasteiger partial charge in [-0.05, 0) is 6.42 Å². The third kappa shape index (κ3) is 15.0. The van der Waals surface area contributed by atoms with Crippen LogP contribution in [0.25, 0.3) is 11.2 Å². The van der Waals surface area contributed by atoms with Crippen LogP contribution in [0, 0.1) is 5.41 Å². The SMILES string of the molecule is CC(C)(COP(=O)(O)OP(=O)(O)OC[C@H]1O[C@@H](n2cnc3c(N)ncnc32)[C@H](O)[C@@H]1OP(=O)(O)O)[C@@H](O)C(=O)NCCC(=O)NCCSC(=O)C(O)CCC(=O)O. The Labute approximate surface area is 326 Å². The van der Waals surface area contributed by atoms with Crippen LogP contribution in [0.3, 0.4) is 0 Å². The number of phosphoric acid groups is 3. The standard InChI is InChI=1S/C26H42N7O20P3S/c1-26(2,20(39)23(40)29-6-5-15(35)28-7-8-57-25(41)13(34)3-4-16(36)37)10-50-56(47,48)53-55(45,46)49-9-14-19(52-54(42,43)44)18(38)24(51-14)33-12-32-17-21(27)30-11-31-22(17)33/h11-14,18-20,24,34,38-39H,3-10H2,1-2H3,(H,28,35)(H,29,40)(H,36,37)(H,45,46)(H,47,48)(H2,27,30,31)(H2,42,43,44)/t13?,14-,18-,19-,20+,24-/m1/s1. The number of phosphoric ester groups is 3. The molecule has 2 aromatic heterocycles. The average Bonchev–Trinajstić information content (AvgIpc) is 3.66. The number of aromatic nitrogens is 4. The van der Waals surface area contributed by atoms with Gasteiger partial charge in [0.25, 0.3) is 0 Å². The first-order valence-corrected chi connectivity index (χ1v) is 21.8. The molecule has 3 unspecified atom stereocenters. The van der Waals surface area contributed by atoms with Crippen LogP contribution in [0.4, 0.5) is 5.82 Å². The summed E-state index contributed by atoms with van der Waals surface area (Å²) in [6.07, 6.45) is -9.31. The minimum absolute atomic E-state index is 0.00320. The van der Waals surface area contributed by atoms with E-state index in [1.807, 2.05) is 0 Å². The van der Waals surface area contributed by atoms with E-state index in [0.29, 0.717) is 11.8 Å². The van der Waals surface area contributed by atoms with Gasteiger partial charge in [0.05, 0.1) is 19.5 Å².